The number of para-hydroxylation sites is 2. The Hall–Kier alpha value is -3.93. The number of halogens is 1. The van der Waals surface area contributed by atoms with Crippen LogP contribution in [0.1, 0.15) is 18.1 Å². The molecule has 5 rings (SSSR count). The molecule has 0 aliphatic carbocycles. The highest BCUT2D eigenvalue weighted by Gasteiger charge is 2.44. The van der Waals surface area contributed by atoms with Crippen molar-refractivity contribution < 1.29 is 18.7 Å². The van der Waals surface area contributed by atoms with Gasteiger partial charge in [0.2, 0.25) is 0 Å². The van der Waals surface area contributed by atoms with E-state index in [-0.39, 0.29) is 17.0 Å². The van der Waals surface area contributed by atoms with E-state index in [0.29, 0.717) is 24.5 Å². The summed E-state index contributed by atoms with van der Waals surface area (Å²) in [7, 11) is 0. The minimum atomic E-state index is -0.622. The molecule has 160 valence electrons. The summed E-state index contributed by atoms with van der Waals surface area (Å²) < 4.78 is 20.1. The Labute approximate surface area is 185 Å². The fourth-order valence-electron chi connectivity index (χ4n) is 4.34. The molecule has 0 atom stereocenters. The quantitative estimate of drug-likeness (QED) is 0.559. The highest BCUT2D eigenvalue weighted by atomic mass is 19.1. The van der Waals surface area contributed by atoms with Crippen molar-refractivity contribution in [1.82, 2.24) is 0 Å². The molecule has 0 bridgehead atoms. The fourth-order valence-corrected chi connectivity index (χ4v) is 4.34. The van der Waals surface area contributed by atoms with Crippen LogP contribution in [0, 0.1) is 5.82 Å². The van der Waals surface area contributed by atoms with Gasteiger partial charge in [-0.1, -0.05) is 42.5 Å². The van der Waals surface area contributed by atoms with Crippen molar-refractivity contribution in [2.45, 2.75) is 13.3 Å². The third-order valence-electron chi connectivity index (χ3n) is 5.76. The van der Waals surface area contributed by atoms with Crippen molar-refractivity contribution in [3.63, 3.8) is 0 Å². The first-order chi connectivity index (χ1) is 15.6. The predicted molar refractivity (Wildman–Crippen MR) is 121 cm³/mol. The molecular weight excluding hydrogens is 407 g/mol. The van der Waals surface area contributed by atoms with E-state index in [9.17, 15) is 14.0 Å². The lowest BCUT2D eigenvalue weighted by Crippen LogP contribution is -2.35. The number of amides is 2. The number of ether oxygens (including phenoxy) is 1. The Morgan fingerprint density at radius 1 is 0.875 bits per heavy atom. The predicted octanol–water partition coefficient (Wildman–Crippen LogP) is 4.57. The molecule has 2 heterocycles. The zero-order valence-electron chi connectivity index (χ0n) is 17.5. The van der Waals surface area contributed by atoms with Crippen LogP contribution in [-0.2, 0) is 16.0 Å². The standard InChI is InChI=1S/C26H21FN2O3/c1-2-32-19-13-11-18(12-14-19)23-24(28-16-15-17-7-3-5-9-21(17)28)26(31)29(25(23)30)22-10-6-4-8-20(22)27/h3-14H,2,15-16H2,1H3. The number of imide groups is 1. The Morgan fingerprint density at radius 3 is 2.28 bits per heavy atom. The lowest BCUT2D eigenvalue weighted by Gasteiger charge is -2.22. The molecule has 5 nitrogen and oxygen atoms in total. The van der Waals surface area contributed by atoms with Crippen molar-refractivity contribution >= 4 is 28.8 Å². The van der Waals surface area contributed by atoms with Crippen LogP contribution < -0.4 is 14.5 Å². The molecule has 0 fully saturated rings. The summed E-state index contributed by atoms with van der Waals surface area (Å²) in [6.07, 6.45) is 0.761. The van der Waals surface area contributed by atoms with Crippen molar-refractivity contribution in [2.24, 2.45) is 0 Å². The summed E-state index contributed by atoms with van der Waals surface area (Å²) in [4.78, 5) is 30.0. The van der Waals surface area contributed by atoms with Crippen molar-refractivity contribution in [3.8, 4) is 5.75 Å². The lowest BCUT2D eigenvalue weighted by molar-refractivity contribution is -0.120. The first kappa shape index (κ1) is 20.0. The maximum atomic E-state index is 14.6. The minimum Gasteiger partial charge on any atom is -0.494 e. The summed E-state index contributed by atoms with van der Waals surface area (Å²) in [6.45, 7) is 2.99. The number of benzene rings is 3. The molecule has 0 unspecified atom stereocenters. The van der Waals surface area contributed by atoms with E-state index < -0.39 is 17.6 Å². The Kier molecular flexibility index (Phi) is 4.98. The van der Waals surface area contributed by atoms with Gasteiger partial charge in [0, 0.05) is 12.2 Å². The second-order valence-electron chi connectivity index (χ2n) is 7.61. The molecule has 3 aromatic carbocycles. The summed E-state index contributed by atoms with van der Waals surface area (Å²) in [6, 6.07) is 20.7. The Bertz CT molecular complexity index is 1250. The number of anilines is 2. The maximum Gasteiger partial charge on any atom is 0.282 e. The minimum absolute atomic E-state index is 0.0478. The number of hydrogen-bond donors (Lipinski definition) is 0. The second kappa shape index (κ2) is 7.96. The monoisotopic (exact) mass is 428 g/mol. The van der Waals surface area contributed by atoms with E-state index in [0.717, 1.165) is 22.6 Å². The molecule has 0 N–H and O–H groups in total. The molecule has 0 radical (unpaired) electrons. The molecule has 3 aromatic rings. The third-order valence-corrected chi connectivity index (χ3v) is 5.76. The SMILES string of the molecule is CCOc1ccc(C2=C(N3CCc4ccccc43)C(=O)N(c3ccccc3F)C2=O)cc1. The third kappa shape index (κ3) is 3.15. The van der Waals surface area contributed by atoms with Crippen LogP contribution in [0.2, 0.25) is 0 Å². The first-order valence-electron chi connectivity index (χ1n) is 10.6. The first-order valence-corrected chi connectivity index (χ1v) is 10.6. The molecule has 0 spiro atoms. The molecule has 2 aliphatic rings. The summed E-state index contributed by atoms with van der Waals surface area (Å²) in [5.41, 5.74) is 3.07. The lowest BCUT2D eigenvalue weighted by atomic mass is 10.0. The number of rotatable bonds is 5. The Morgan fingerprint density at radius 2 is 1.56 bits per heavy atom. The van der Waals surface area contributed by atoms with Gasteiger partial charge < -0.3 is 9.64 Å². The molecule has 0 aromatic heterocycles. The van der Waals surface area contributed by atoms with Crippen LogP contribution in [0.25, 0.3) is 5.57 Å². The van der Waals surface area contributed by atoms with Crippen LogP contribution >= 0.6 is 0 Å². The number of fused-ring (bicyclic) bond motifs is 1. The summed E-state index contributed by atoms with van der Waals surface area (Å²) in [5.74, 6) is -1.01. The van der Waals surface area contributed by atoms with Gasteiger partial charge in [0.1, 0.15) is 17.3 Å². The largest absolute Gasteiger partial charge is 0.494 e. The van der Waals surface area contributed by atoms with Gasteiger partial charge in [0.25, 0.3) is 11.8 Å². The molecule has 2 aliphatic heterocycles. The normalized spacial score (nSPS) is 15.6. The van der Waals surface area contributed by atoms with Crippen molar-refractivity contribution in [2.75, 3.05) is 23.0 Å². The molecule has 0 saturated carbocycles. The van der Waals surface area contributed by atoms with E-state index in [4.69, 9.17) is 4.74 Å². The van der Waals surface area contributed by atoms with Crippen LogP contribution in [0.4, 0.5) is 15.8 Å². The molecular formula is C26H21FN2O3. The second-order valence-corrected chi connectivity index (χ2v) is 7.61. The molecule has 0 saturated heterocycles. The molecule has 2 amide bonds. The Balaban J connectivity index is 1.66. The average Bonchev–Trinajstić information content (AvgIpc) is 3.33. The zero-order valence-corrected chi connectivity index (χ0v) is 17.5. The van der Waals surface area contributed by atoms with E-state index in [2.05, 4.69) is 0 Å². The highest BCUT2D eigenvalue weighted by molar-refractivity contribution is 6.46. The highest BCUT2D eigenvalue weighted by Crippen LogP contribution is 2.40. The maximum absolute atomic E-state index is 14.6. The van der Waals surface area contributed by atoms with Crippen molar-refractivity contribution in [3.05, 3.63) is 95.4 Å². The average molecular weight is 428 g/mol. The van der Waals surface area contributed by atoms with Gasteiger partial charge in [-0.2, -0.15) is 0 Å². The number of nitrogens with zero attached hydrogens (tertiary/aromatic N) is 2. The number of hydrogen-bond acceptors (Lipinski definition) is 4. The van der Waals surface area contributed by atoms with Crippen LogP contribution in [0.15, 0.2) is 78.5 Å². The smallest absolute Gasteiger partial charge is 0.282 e. The van der Waals surface area contributed by atoms with E-state index in [1.807, 2.05) is 36.1 Å². The van der Waals surface area contributed by atoms with Gasteiger partial charge in [0.05, 0.1) is 17.9 Å². The molecule has 32 heavy (non-hydrogen) atoms. The van der Waals surface area contributed by atoms with Gasteiger partial charge in [0.15, 0.2) is 0 Å². The summed E-state index contributed by atoms with van der Waals surface area (Å²) in [5, 5.41) is 0. The van der Waals surface area contributed by atoms with E-state index >= 15 is 0 Å². The number of carbonyl (C=O) groups excluding carboxylic acids is 2. The van der Waals surface area contributed by atoms with Gasteiger partial charge in [-0.15, -0.1) is 0 Å². The summed E-state index contributed by atoms with van der Waals surface area (Å²) >= 11 is 0. The van der Waals surface area contributed by atoms with Crippen LogP contribution in [0.5, 0.6) is 5.75 Å². The number of carbonyl (C=O) groups is 2. The topological polar surface area (TPSA) is 49.9 Å². The van der Waals surface area contributed by atoms with Gasteiger partial charge in [-0.3, -0.25) is 9.59 Å². The van der Waals surface area contributed by atoms with Gasteiger partial charge >= 0.3 is 0 Å². The van der Waals surface area contributed by atoms with Gasteiger partial charge in [-0.05, 0) is 54.8 Å². The molecule has 6 heteroatoms. The van der Waals surface area contributed by atoms with E-state index in [1.165, 1.54) is 18.2 Å². The van der Waals surface area contributed by atoms with Gasteiger partial charge in [-0.25, -0.2) is 9.29 Å². The zero-order chi connectivity index (χ0) is 22.2. The van der Waals surface area contributed by atoms with E-state index in [1.54, 1.807) is 30.3 Å². The van der Waals surface area contributed by atoms with Crippen LogP contribution in [0.3, 0.4) is 0 Å². The fraction of sp³-hybridized carbons (Fsp3) is 0.154. The van der Waals surface area contributed by atoms with Crippen molar-refractivity contribution in [1.29, 1.82) is 0 Å². The van der Waals surface area contributed by atoms with Crippen LogP contribution in [-0.4, -0.2) is 25.0 Å².